The smallest absolute Gasteiger partial charge is 0.344 e. The molecule has 0 aliphatic carbocycles. The molecule has 0 heterocycles. The molecule has 0 aliphatic heterocycles. The number of hydrogen-bond donors (Lipinski definition) is 1. The molecule has 150 valence electrons. The monoisotopic (exact) mass is 407 g/mol. The number of ether oxygens (including phenoxy) is 3. The van der Waals surface area contributed by atoms with E-state index in [1.807, 2.05) is 0 Å². The zero-order valence-corrected chi connectivity index (χ0v) is 16.5. The number of methoxy groups -OCH3 is 1. The Bertz CT molecular complexity index is 922. The van der Waals surface area contributed by atoms with Gasteiger partial charge in [-0.3, -0.25) is 9.52 Å². The molecule has 0 amide bonds. The van der Waals surface area contributed by atoms with E-state index in [0.717, 1.165) is 6.26 Å². The topological polar surface area (TPSA) is 108 Å². The van der Waals surface area contributed by atoms with Crippen molar-refractivity contribution in [3.63, 3.8) is 0 Å². The van der Waals surface area contributed by atoms with Gasteiger partial charge in [-0.05, 0) is 55.5 Å². The van der Waals surface area contributed by atoms with Crippen molar-refractivity contribution < 1.29 is 32.2 Å². The summed E-state index contributed by atoms with van der Waals surface area (Å²) in [7, 11) is -1.86. The van der Waals surface area contributed by atoms with Crippen molar-refractivity contribution in [3.05, 3.63) is 54.1 Å². The number of sulfonamides is 1. The molecule has 0 aromatic heterocycles. The summed E-state index contributed by atoms with van der Waals surface area (Å²) in [5, 5.41) is 0. The lowest BCUT2D eigenvalue weighted by molar-refractivity contribution is -0.148. The first-order valence-corrected chi connectivity index (χ1v) is 10.2. The largest absolute Gasteiger partial charge is 0.497 e. The van der Waals surface area contributed by atoms with E-state index in [9.17, 15) is 18.0 Å². The van der Waals surface area contributed by atoms with Crippen LogP contribution in [0.1, 0.15) is 17.3 Å². The highest BCUT2D eigenvalue weighted by molar-refractivity contribution is 7.92. The highest BCUT2D eigenvalue weighted by Crippen LogP contribution is 2.17. The quantitative estimate of drug-likeness (QED) is 0.502. The van der Waals surface area contributed by atoms with E-state index in [1.54, 1.807) is 31.4 Å². The second-order valence-electron chi connectivity index (χ2n) is 5.91. The van der Waals surface area contributed by atoms with E-state index >= 15 is 0 Å². The number of carbonyl (C=O) groups is 2. The van der Waals surface area contributed by atoms with Crippen LogP contribution in [-0.4, -0.2) is 46.2 Å². The Morgan fingerprint density at radius 2 is 1.57 bits per heavy atom. The molecule has 0 aliphatic rings. The lowest BCUT2D eigenvalue weighted by Crippen LogP contribution is -2.27. The van der Waals surface area contributed by atoms with Gasteiger partial charge in [-0.15, -0.1) is 0 Å². The zero-order chi connectivity index (χ0) is 20.7. The summed E-state index contributed by atoms with van der Waals surface area (Å²) >= 11 is 0. The lowest BCUT2D eigenvalue weighted by atomic mass is 10.1. The van der Waals surface area contributed by atoms with Crippen LogP contribution in [0.4, 0.5) is 5.69 Å². The van der Waals surface area contributed by atoms with Crippen LogP contribution >= 0.6 is 0 Å². The molecule has 1 atom stereocenters. The maximum absolute atomic E-state index is 12.4. The summed E-state index contributed by atoms with van der Waals surface area (Å²) in [5.41, 5.74) is 0.618. The fourth-order valence-corrected chi connectivity index (χ4v) is 2.81. The van der Waals surface area contributed by atoms with Gasteiger partial charge in [0.15, 0.2) is 12.7 Å². The third-order valence-corrected chi connectivity index (χ3v) is 4.17. The Morgan fingerprint density at radius 3 is 2.11 bits per heavy atom. The summed E-state index contributed by atoms with van der Waals surface area (Å²) in [6.45, 7) is 1.11. The van der Waals surface area contributed by atoms with E-state index in [2.05, 4.69) is 4.72 Å². The summed E-state index contributed by atoms with van der Waals surface area (Å²) in [4.78, 5) is 24.2. The molecule has 0 radical (unpaired) electrons. The van der Waals surface area contributed by atoms with Gasteiger partial charge >= 0.3 is 5.97 Å². The van der Waals surface area contributed by atoms with Crippen LogP contribution in [0, 0.1) is 0 Å². The van der Waals surface area contributed by atoms with Crippen molar-refractivity contribution in [3.8, 4) is 11.5 Å². The molecule has 1 N–H and O–H groups in total. The van der Waals surface area contributed by atoms with Crippen molar-refractivity contribution in [1.82, 2.24) is 0 Å². The highest BCUT2D eigenvalue weighted by atomic mass is 32.2. The Balaban J connectivity index is 1.87. The summed E-state index contributed by atoms with van der Waals surface area (Å²) in [6, 6.07) is 12.5. The van der Waals surface area contributed by atoms with Gasteiger partial charge in [0.2, 0.25) is 15.8 Å². The van der Waals surface area contributed by atoms with Crippen LogP contribution in [0.5, 0.6) is 11.5 Å². The van der Waals surface area contributed by atoms with Crippen LogP contribution in [0.25, 0.3) is 0 Å². The number of rotatable bonds is 9. The summed E-state index contributed by atoms with van der Waals surface area (Å²) in [5.74, 6) is 0.0216. The average Bonchev–Trinajstić information content (AvgIpc) is 2.65. The molecular formula is C19H21NO7S. The maximum atomic E-state index is 12.4. The SMILES string of the molecule is COc1ccc(OCC(=O)O[C@H](C)C(=O)c2ccc(NS(C)(=O)=O)cc2)cc1. The van der Waals surface area contributed by atoms with Gasteiger partial charge in [-0.2, -0.15) is 0 Å². The second kappa shape index (κ2) is 9.23. The number of ketones is 1. The highest BCUT2D eigenvalue weighted by Gasteiger charge is 2.20. The molecule has 2 rings (SSSR count). The minimum absolute atomic E-state index is 0.287. The molecule has 0 unspecified atom stereocenters. The van der Waals surface area contributed by atoms with Crippen molar-refractivity contribution >= 4 is 27.5 Å². The van der Waals surface area contributed by atoms with Gasteiger partial charge < -0.3 is 14.2 Å². The third kappa shape index (κ3) is 6.58. The predicted octanol–water partition coefficient (Wildman–Crippen LogP) is 2.26. The molecule has 8 nitrogen and oxygen atoms in total. The molecular weight excluding hydrogens is 386 g/mol. The van der Waals surface area contributed by atoms with Crippen molar-refractivity contribution in [2.45, 2.75) is 13.0 Å². The molecule has 0 saturated heterocycles. The van der Waals surface area contributed by atoms with Gasteiger partial charge in [0, 0.05) is 11.3 Å². The van der Waals surface area contributed by atoms with Gasteiger partial charge in [-0.25, -0.2) is 13.2 Å². The molecule has 0 saturated carbocycles. The van der Waals surface area contributed by atoms with Crippen LogP contribution in [-0.2, 0) is 19.6 Å². The second-order valence-corrected chi connectivity index (χ2v) is 7.66. The fourth-order valence-electron chi connectivity index (χ4n) is 2.25. The zero-order valence-electron chi connectivity index (χ0n) is 15.7. The standard InChI is InChI=1S/C19H21NO7S/c1-13(19(22)14-4-6-15(7-5-14)20-28(3,23)24)27-18(21)12-26-17-10-8-16(25-2)9-11-17/h4-11,13,20H,12H2,1-3H3/t13-/m1/s1. The van der Waals surface area contributed by atoms with Gasteiger partial charge in [0.1, 0.15) is 11.5 Å². The molecule has 9 heteroatoms. The average molecular weight is 407 g/mol. The fraction of sp³-hybridized carbons (Fsp3) is 0.263. The Labute approximate surface area is 163 Å². The molecule has 28 heavy (non-hydrogen) atoms. The minimum Gasteiger partial charge on any atom is -0.497 e. The number of benzene rings is 2. The van der Waals surface area contributed by atoms with E-state index in [0.29, 0.717) is 17.2 Å². The number of nitrogens with one attached hydrogen (secondary N) is 1. The number of esters is 1. The van der Waals surface area contributed by atoms with Crippen LogP contribution in [0.2, 0.25) is 0 Å². The number of anilines is 1. The number of Topliss-reactive ketones (excluding diaryl/α,β-unsaturated/α-hetero) is 1. The van der Waals surface area contributed by atoms with Crippen molar-refractivity contribution in [1.29, 1.82) is 0 Å². The maximum Gasteiger partial charge on any atom is 0.344 e. The van der Waals surface area contributed by atoms with E-state index in [4.69, 9.17) is 14.2 Å². The summed E-state index contributed by atoms with van der Waals surface area (Å²) in [6.07, 6.45) is 0.0161. The van der Waals surface area contributed by atoms with Gasteiger partial charge in [-0.1, -0.05) is 0 Å². The van der Waals surface area contributed by atoms with Crippen molar-refractivity contribution in [2.24, 2.45) is 0 Å². The number of hydrogen-bond acceptors (Lipinski definition) is 7. The van der Waals surface area contributed by atoms with Crippen LogP contribution in [0.15, 0.2) is 48.5 Å². The number of carbonyl (C=O) groups excluding carboxylic acids is 2. The third-order valence-electron chi connectivity index (χ3n) is 3.57. The summed E-state index contributed by atoms with van der Waals surface area (Å²) < 4.78 is 40.1. The molecule has 2 aromatic carbocycles. The molecule has 2 aromatic rings. The normalized spacial score (nSPS) is 12.0. The lowest BCUT2D eigenvalue weighted by Gasteiger charge is -2.13. The Kier molecular flexibility index (Phi) is 7.00. The first-order valence-electron chi connectivity index (χ1n) is 8.26. The minimum atomic E-state index is -3.40. The Hall–Kier alpha value is -3.07. The van der Waals surface area contributed by atoms with Crippen molar-refractivity contribution in [2.75, 3.05) is 24.7 Å². The van der Waals surface area contributed by atoms with E-state index in [1.165, 1.54) is 31.2 Å². The van der Waals surface area contributed by atoms with E-state index in [-0.39, 0.29) is 12.2 Å². The van der Waals surface area contributed by atoms with Gasteiger partial charge in [0.25, 0.3) is 0 Å². The molecule has 0 fully saturated rings. The molecule has 0 spiro atoms. The Morgan fingerprint density at radius 1 is 1.00 bits per heavy atom. The van der Waals surface area contributed by atoms with Gasteiger partial charge in [0.05, 0.1) is 13.4 Å². The first kappa shape index (κ1) is 21.2. The first-order chi connectivity index (χ1) is 13.2. The predicted molar refractivity (Wildman–Crippen MR) is 103 cm³/mol. The molecule has 0 bridgehead atoms. The van der Waals surface area contributed by atoms with E-state index < -0.39 is 27.9 Å². The van der Waals surface area contributed by atoms with Crippen LogP contribution in [0.3, 0.4) is 0 Å². The van der Waals surface area contributed by atoms with Crippen LogP contribution < -0.4 is 14.2 Å².